The van der Waals surface area contributed by atoms with Crippen LogP contribution in [0.2, 0.25) is 0 Å². The second-order valence-corrected chi connectivity index (χ2v) is 9.68. The monoisotopic (exact) mass is 528 g/mol. The molecular formula is C29H32N6O4. The molecular weight excluding hydrogens is 496 g/mol. The molecule has 1 aliphatic rings. The van der Waals surface area contributed by atoms with Gasteiger partial charge in [-0.05, 0) is 48.4 Å². The Kier molecular flexibility index (Phi) is 7.36. The first kappa shape index (κ1) is 26.0. The standard InChI is InChI=1S/C29H32N6O4/c1-4-24-27(32(3)18-21-7-10-23(11-8-21)30-20(2)36)35-19-22(9-12-26(35)31-24)28(37)33-13-15-34(16-14-33)29(38)25-6-5-17-39-25/h5-12,17,19H,4,13-16,18H2,1-3H3,(H,30,36). The molecule has 0 atom stereocenters. The van der Waals surface area contributed by atoms with E-state index in [0.717, 1.165) is 34.8 Å². The number of carbonyl (C=O) groups excluding carboxylic acids is 3. The van der Waals surface area contributed by atoms with Crippen molar-refractivity contribution in [3.8, 4) is 0 Å². The van der Waals surface area contributed by atoms with Gasteiger partial charge in [0.15, 0.2) is 5.76 Å². The molecule has 0 radical (unpaired) electrons. The largest absolute Gasteiger partial charge is 0.459 e. The molecule has 1 fully saturated rings. The van der Waals surface area contributed by atoms with Crippen LogP contribution in [-0.4, -0.2) is 70.1 Å². The molecule has 0 bridgehead atoms. The molecule has 1 aliphatic heterocycles. The smallest absolute Gasteiger partial charge is 0.289 e. The molecule has 10 nitrogen and oxygen atoms in total. The lowest BCUT2D eigenvalue weighted by molar-refractivity contribution is -0.114. The van der Waals surface area contributed by atoms with E-state index in [0.29, 0.717) is 44.0 Å². The Morgan fingerprint density at radius 3 is 2.28 bits per heavy atom. The number of anilines is 2. The van der Waals surface area contributed by atoms with Crippen LogP contribution in [0.25, 0.3) is 5.65 Å². The molecule has 0 saturated carbocycles. The van der Waals surface area contributed by atoms with Gasteiger partial charge in [0.25, 0.3) is 11.8 Å². The molecule has 0 spiro atoms. The summed E-state index contributed by atoms with van der Waals surface area (Å²) < 4.78 is 7.21. The van der Waals surface area contributed by atoms with Crippen LogP contribution < -0.4 is 10.2 Å². The van der Waals surface area contributed by atoms with E-state index in [-0.39, 0.29) is 17.7 Å². The molecule has 1 aromatic carbocycles. The van der Waals surface area contributed by atoms with E-state index in [4.69, 9.17) is 9.40 Å². The van der Waals surface area contributed by atoms with Gasteiger partial charge in [0.1, 0.15) is 11.5 Å². The summed E-state index contributed by atoms with van der Waals surface area (Å²) in [6, 6.07) is 14.8. The van der Waals surface area contributed by atoms with Crippen molar-refractivity contribution in [1.29, 1.82) is 0 Å². The molecule has 3 aromatic heterocycles. The Morgan fingerprint density at radius 1 is 0.974 bits per heavy atom. The van der Waals surface area contributed by atoms with Crippen molar-refractivity contribution in [2.45, 2.75) is 26.8 Å². The highest BCUT2D eigenvalue weighted by Crippen LogP contribution is 2.25. The van der Waals surface area contributed by atoms with E-state index in [1.807, 2.05) is 54.0 Å². The minimum atomic E-state index is -0.156. The van der Waals surface area contributed by atoms with Crippen molar-refractivity contribution < 1.29 is 18.8 Å². The van der Waals surface area contributed by atoms with E-state index in [2.05, 4.69) is 17.1 Å². The summed E-state index contributed by atoms with van der Waals surface area (Å²) in [6.45, 7) is 5.99. The molecule has 0 aliphatic carbocycles. The first-order chi connectivity index (χ1) is 18.8. The van der Waals surface area contributed by atoms with Gasteiger partial charge in [0.2, 0.25) is 5.91 Å². The van der Waals surface area contributed by atoms with Gasteiger partial charge in [-0.1, -0.05) is 19.1 Å². The summed E-state index contributed by atoms with van der Waals surface area (Å²) in [5.74, 6) is 0.912. The van der Waals surface area contributed by atoms with Crippen LogP contribution in [0.15, 0.2) is 65.4 Å². The normalized spacial score (nSPS) is 13.5. The molecule has 202 valence electrons. The quantitative estimate of drug-likeness (QED) is 0.393. The number of furan rings is 1. The summed E-state index contributed by atoms with van der Waals surface area (Å²) in [6.07, 6.45) is 4.09. The Labute approximate surface area is 226 Å². The van der Waals surface area contributed by atoms with Crippen LogP contribution in [0.5, 0.6) is 0 Å². The summed E-state index contributed by atoms with van der Waals surface area (Å²) in [7, 11) is 2.01. The first-order valence-electron chi connectivity index (χ1n) is 13.0. The number of hydrogen-bond acceptors (Lipinski definition) is 6. The predicted molar refractivity (Wildman–Crippen MR) is 148 cm³/mol. The van der Waals surface area contributed by atoms with Crippen molar-refractivity contribution in [2.75, 3.05) is 43.4 Å². The number of aryl methyl sites for hydroxylation is 1. The average molecular weight is 529 g/mol. The Hall–Kier alpha value is -4.60. The lowest BCUT2D eigenvalue weighted by atomic mass is 10.2. The van der Waals surface area contributed by atoms with Gasteiger partial charge in [0, 0.05) is 58.6 Å². The van der Waals surface area contributed by atoms with E-state index in [1.165, 1.54) is 13.2 Å². The highest BCUT2D eigenvalue weighted by Gasteiger charge is 2.27. The van der Waals surface area contributed by atoms with Gasteiger partial charge in [-0.15, -0.1) is 0 Å². The maximum absolute atomic E-state index is 13.4. The minimum absolute atomic E-state index is 0.0732. The second kappa shape index (κ2) is 11.0. The molecule has 4 heterocycles. The number of amides is 3. The number of aromatic nitrogens is 2. The number of benzene rings is 1. The second-order valence-electron chi connectivity index (χ2n) is 9.68. The van der Waals surface area contributed by atoms with Crippen LogP contribution in [-0.2, 0) is 17.8 Å². The summed E-state index contributed by atoms with van der Waals surface area (Å²) in [5, 5.41) is 2.79. The highest BCUT2D eigenvalue weighted by molar-refractivity contribution is 5.95. The van der Waals surface area contributed by atoms with E-state index < -0.39 is 0 Å². The van der Waals surface area contributed by atoms with Crippen molar-refractivity contribution in [3.63, 3.8) is 0 Å². The SMILES string of the molecule is CCc1nc2ccc(C(=O)N3CCN(C(=O)c4ccco4)CC3)cn2c1N(C)Cc1ccc(NC(C)=O)cc1. The van der Waals surface area contributed by atoms with Gasteiger partial charge in [0.05, 0.1) is 17.5 Å². The summed E-state index contributed by atoms with van der Waals surface area (Å²) >= 11 is 0. The molecule has 4 aromatic rings. The molecule has 10 heteroatoms. The molecule has 1 saturated heterocycles. The van der Waals surface area contributed by atoms with Gasteiger partial charge in [-0.3, -0.25) is 18.8 Å². The van der Waals surface area contributed by atoms with Gasteiger partial charge < -0.3 is 24.4 Å². The zero-order valence-electron chi connectivity index (χ0n) is 22.4. The van der Waals surface area contributed by atoms with Crippen LogP contribution >= 0.6 is 0 Å². The van der Waals surface area contributed by atoms with Crippen LogP contribution in [0, 0.1) is 0 Å². The van der Waals surface area contributed by atoms with E-state index in [9.17, 15) is 14.4 Å². The fourth-order valence-corrected chi connectivity index (χ4v) is 4.95. The number of rotatable bonds is 7. The lowest BCUT2D eigenvalue weighted by Crippen LogP contribution is -2.50. The molecule has 5 rings (SSSR count). The third kappa shape index (κ3) is 5.50. The van der Waals surface area contributed by atoms with Gasteiger partial charge in [-0.2, -0.15) is 0 Å². The number of piperazine rings is 1. The third-order valence-electron chi connectivity index (χ3n) is 6.89. The van der Waals surface area contributed by atoms with Crippen LogP contribution in [0.3, 0.4) is 0 Å². The molecule has 39 heavy (non-hydrogen) atoms. The number of nitrogens with zero attached hydrogens (tertiary/aromatic N) is 5. The first-order valence-corrected chi connectivity index (χ1v) is 13.0. The lowest BCUT2D eigenvalue weighted by Gasteiger charge is -2.34. The molecule has 0 unspecified atom stereocenters. The molecule has 1 N–H and O–H groups in total. The summed E-state index contributed by atoms with van der Waals surface area (Å²) in [4.78, 5) is 47.7. The van der Waals surface area contributed by atoms with Crippen LogP contribution in [0.1, 0.15) is 46.0 Å². The summed E-state index contributed by atoms with van der Waals surface area (Å²) in [5.41, 5.74) is 4.13. The Balaban J connectivity index is 1.32. The third-order valence-corrected chi connectivity index (χ3v) is 6.89. The van der Waals surface area contributed by atoms with Gasteiger partial charge >= 0.3 is 0 Å². The number of fused-ring (bicyclic) bond motifs is 1. The fraction of sp³-hybridized carbons (Fsp3) is 0.310. The topological polar surface area (TPSA) is 103 Å². The van der Waals surface area contributed by atoms with Crippen LogP contribution in [0.4, 0.5) is 11.5 Å². The predicted octanol–water partition coefficient (Wildman–Crippen LogP) is 3.68. The Bertz CT molecular complexity index is 1480. The zero-order chi connectivity index (χ0) is 27.5. The number of carbonyl (C=O) groups is 3. The fourth-order valence-electron chi connectivity index (χ4n) is 4.95. The van der Waals surface area contributed by atoms with E-state index >= 15 is 0 Å². The maximum atomic E-state index is 13.4. The number of hydrogen-bond donors (Lipinski definition) is 1. The maximum Gasteiger partial charge on any atom is 0.289 e. The van der Waals surface area contributed by atoms with Gasteiger partial charge in [-0.25, -0.2) is 4.98 Å². The molecule has 3 amide bonds. The van der Waals surface area contributed by atoms with Crippen molar-refractivity contribution in [2.24, 2.45) is 0 Å². The zero-order valence-corrected chi connectivity index (χ0v) is 22.4. The number of nitrogens with one attached hydrogen (secondary N) is 1. The Morgan fingerprint density at radius 2 is 1.67 bits per heavy atom. The number of imidazole rings is 1. The number of pyridine rings is 1. The average Bonchev–Trinajstić information content (AvgIpc) is 3.61. The minimum Gasteiger partial charge on any atom is -0.459 e. The van der Waals surface area contributed by atoms with E-state index in [1.54, 1.807) is 21.9 Å². The van der Waals surface area contributed by atoms with Crippen molar-refractivity contribution in [1.82, 2.24) is 19.2 Å². The van der Waals surface area contributed by atoms with Crippen molar-refractivity contribution >= 4 is 34.9 Å². The highest BCUT2D eigenvalue weighted by atomic mass is 16.3. The van der Waals surface area contributed by atoms with Crippen molar-refractivity contribution in [3.05, 3.63) is 83.6 Å².